The predicted molar refractivity (Wildman–Crippen MR) is 80.8 cm³/mol. The summed E-state index contributed by atoms with van der Waals surface area (Å²) in [6.07, 6.45) is 3.49. The van der Waals surface area contributed by atoms with E-state index in [2.05, 4.69) is 0 Å². The Labute approximate surface area is 123 Å². The average molecular weight is 291 g/mol. The molecule has 1 saturated heterocycles. The van der Waals surface area contributed by atoms with E-state index in [1.54, 1.807) is 6.08 Å². The van der Waals surface area contributed by atoms with Crippen molar-refractivity contribution in [3.63, 3.8) is 0 Å². The quantitative estimate of drug-likeness (QED) is 0.480. The Balaban J connectivity index is 2.48. The van der Waals surface area contributed by atoms with E-state index in [4.69, 9.17) is 12.2 Å². The molecule has 2 heterocycles. The molecule has 1 aromatic heterocycles. The van der Waals surface area contributed by atoms with E-state index in [0.29, 0.717) is 13.1 Å². The number of aromatic nitrogens is 1. The summed E-state index contributed by atoms with van der Waals surface area (Å²) >= 11 is 5.21. The van der Waals surface area contributed by atoms with Crippen molar-refractivity contribution < 1.29 is 9.59 Å². The third-order valence-electron chi connectivity index (χ3n) is 3.32. The number of nitrogens with zero attached hydrogens (tertiary/aromatic N) is 3. The van der Waals surface area contributed by atoms with Crippen molar-refractivity contribution in [2.75, 3.05) is 13.1 Å². The first-order chi connectivity index (χ1) is 9.51. The van der Waals surface area contributed by atoms with Crippen molar-refractivity contribution in [2.24, 2.45) is 7.05 Å². The highest BCUT2D eigenvalue weighted by atomic mass is 32.1. The summed E-state index contributed by atoms with van der Waals surface area (Å²) in [5, 5.41) is 0.286. The number of rotatable bonds is 3. The Morgan fingerprint density at radius 3 is 2.10 bits per heavy atom. The highest BCUT2D eigenvalue weighted by Gasteiger charge is 2.37. The Morgan fingerprint density at radius 1 is 1.15 bits per heavy atom. The molecule has 0 spiro atoms. The van der Waals surface area contributed by atoms with Gasteiger partial charge in [0.25, 0.3) is 11.8 Å². The van der Waals surface area contributed by atoms with Gasteiger partial charge in [-0.25, -0.2) is 0 Å². The molecule has 2 amide bonds. The second-order valence-corrected chi connectivity index (χ2v) is 4.85. The van der Waals surface area contributed by atoms with E-state index in [1.807, 2.05) is 43.8 Å². The first-order valence-electron chi connectivity index (χ1n) is 6.52. The SMILES string of the molecule is CCN1C(=O)C(=Cc2cccn2C)C(=O)N(CC)C1=S. The van der Waals surface area contributed by atoms with Crippen LogP contribution in [-0.4, -0.2) is 44.4 Å². The lowest BCUT2D eigenvalue weighted by atomic mass is 10.1. The van der Waals surface area contributed by atoms with Crippen LogP contribution in [-0.2, 0) is 16.6 Å². The van der Waals surface area contributed by atoms with Gasteiger partial charge in [-0.05, 0) is 44.3 Å². The van der Waals surface area contributed by atoms with Gasteiger partial charge in [0.05, 0.1) is 0 Å². The molecule has 0 unspecified atom stereocenters. The summed E-state index contributed by atoms with van der Waals surface area (Å²) in [4.78, 5) is 27.7. The highest BCUT2D eigenvalue weighted by Crippen LogP contribution is 2.20. The molecule has 0 N–H and O–H groups in total. The van der Waals surface area contributed by atoms with Crippen LogP contribution in [0.25, 0.3) is 6.08 Å². The smallest absolute Gasteiger partial charge is 0.265 e. The van der Waals surface area contributed by atoms with Gasteiger partial charge in [0.2, 0.25) is 0 Å². The maximum absolute atomic E-state index is 12.4. The maximum atomic E-state index is 12.4. The Kier molecular flexibility index (Phi) is 4.04. The molecule has 2 rings (SSSR count). The first-order valence-corrected chi connectivity index (χ1v) is 6.92. The number of hydrogen-bond acceptors (Lipinski definition) is 3. The summed E-state index contributed by atoms with van der Waals surface area (Å²) in [7, 11) is 1.87. The van der Waals surface area contributed by atoms with Gasteiger partial charge in [-0.2, -0.15) is 0 Å². The lowest BCUT2D eigenvalue weighted by Gasteiger charge is -2.35. The predicted octanol–water partition coefficient (Wildman–Crippen LogP) is 1.40. The molecule has 0 saturated carbocycles. The van der Waals surface area contributed by atoms with Crippen LogP contribution < -0.4 is 0 Å². The fraction of sp³-hybridized carbons (Fsp3) is 0.357. The number of likely N-dealkylation sites (N-methyl/N-ethyl adjacent to an activating group) is 2. The van der Waals surface area contributed by atoms with Crippen molar-refractivity contribution >= 4 is 35.2 Å². The van der Waals surface area contributed by atoms with Gasteiger partial charge in [-0.3, -0.25) is 19.4 Å². The summed E-state index contributed by atoms with van der Waals surface area (Å²) in [6.45, 7) is 4.58. The number of thiocarbonyl (C=S) groups is 1. The second-order valence-electron chi connectivity index (χ2n) is 4.48. The van der Waals surface area contributed by atoms with E-state index in [1.165, 1.54) is 9.80 Å². The van der Waals surface area contributed by atoms with Crippen molar-refractivity contribution in [1.29, 1.82) is 0 Å². The number of carbonyl (C=O) groups is 2. The van der Waals surface area contributed by atoms with Gasteiger partial charge < -0.3 is 4.57 Å². The van der Waals surface area contributed by atoms with Crippen LogP contribution in [0.15, 0.2) is 23.9 Å². The van der Waals surface area contributed by atoms with Gasteiger partial charge in [-0.15, -0.1) is 0 Å². The van der Waals surface area contributed by atoms with E-state index in [0.717, 1.165) is 5.69 Å². The fourth-order valence-electron chi connectivity index (χ4n) is 2.16. The molecule has 1 aliphatic heterocycles. The molecule has 106 valence electrons. The van der Waals surface area contributed by atoms with Gasteiger partial charge in [0.15, 0.2) is 5.11 Å². The fourth-order valence-corrected chi connectivity index (χ4v) is 2.58. The normalized spacial score (nSPS) is 16.1. The number of aryl methyl sites for hydroxylation is 1. The van der Waals surface area contributed by atoms with Crippen molar-refractivity contribution in [2.45, 2.75) is 13.8 Å². The minimum absolute atomic E-state index is 0.157. The lowest BCUT2D eigenvalue weighted by molar-refractivity contribution is -0.133. The monoisotopic (exact) mass is 291 g/mol. The van der Waals surface area contributed by atoms with Crippen molar-refractivity contribution in [3.05, 3.63) is 29.6 Å². The van der Waals surface area contributed by atoms with E-state index in [-0.39, 0.29) is 22.5 Å². The summed E-state index contributed by atoms with van der Waals surface area (Å²) in [5.41, 5.74) is 0.964. The highest BCUT2D eigenvalue weighted by molar-refractivity contribution is 7.80. The van der Waals surface area contributed by atoms with Crippen LogP contribution in [0.5, 0.6) is 0 Å². The molecular formula is C14H17N3O2S. The molecular weight excluding hydrogens is 274 g/mol. The van der Waals surface area contributed by atoms with E-state index < -0.39 is 0 Å². The van der Waals surface area contributed by atoms with Gasteiger partial charge in [0, 0.05) is 32.0 Å². The van der Waals surface area contributed by atoms with Crippen LogP contribution in [0.3, 0.4) is 0 Å². The molecule has 0 radical (unpaired) electrons. The number of carbonyl (C=O) groups excluding carboxylic acids is 2. The molecule has 0 aliphatic carbocycles. The van der Waals surface area contributed by atoms with Crippen molar-refractivity contribution in [1.82, 2.24) is 14.4 Å². The Bertz CT molecular complexity index is 575. The summed E-state index contributed by atoms with van der Waals surface area (Å²) in [6, 6.07) is 3.72. The summed E-state index contributed by atoms with van der Waals surface area (Å²) < 4.78 is 1.85. The largest absolute Gasteiger partial charge is 0.351 e. The van der Waals surface area contributed by atoms with Crippen LogP contribution in [0, 0.1) is 0 Å². The van der Waals surface area contributed by atoms with Gasteiger partial charge in [-0.1, -0.05) is 0 Å². The minimum atomic E-state index is -0.326. The standard InChI is InChI=1S/C14H17N3O2S/c1-4-16-12(18)11(9-10-7-6-8-15(10)3)13(19)17(5-2)14(16)20/h6-9H,4-5H2,1-3H3. The molecule has 1 aliphatic rings. The molecule has 0 bridgehead atoms. The van der Waals surface area contributed by atoms with Crippen molar-refractivity contribution in [3.8, 4) is 0 Å². The first kappa shape index (κ1) is 14.5. The zero-order valence-electron chi connectivity index (χ0n) is 11.8. The lowest BCUT2D eigenvalue weighted by Crippen LogP contribution is -2.55. The molecule has 20 heavy (non-hydrogen) atoms. The van der Waals surface area contributed by atoms with Gasteiger partial charge in [0.1, 0.15) is 5.57 Å². The topological polar surface area (TPSA) is 45.6 Å². The molecule has 0 atom stereocenters. The molecule has 1 fully saturated rings. The van der Waals surface area contributed by atoms with Crippen LogP contribution in [0.1, 0.15) is 19.5 Å². The average Bonchev–Trinajstić information content (AvgIpc) is 2.81. The maximum Gasteiger partial charge on any atom is 0.265 e. The van der Waals surface area contributed by atoms with E-state index in [9.17, 15) is 9.59 Å². The zero-order chi connectivity index (χ0) is 14.9. The van der Waals surface area contributed by atoms with Gasteiger partial charge >= 0.3 is 0 Å². The van der Waals surface area contributed by atoms with Crippen LogP contribution in [0.2, 0.25) is 0 Å². The molecule has 1 aromatic rings. The molecule has 0 aromatic carbocycles. The number of amides is 2. The summed E-state index contributed by atoms with van der Waals surface area (Å²) in [5.74, 6) is -0.651. The van der Waals surface area contributed by atoms with E-state index >= 15 is 0 Å². The zero-order valence-corrected chi connectivity index (χ0v) is 12.6. The third-order valence-corrected chi connectivity index (χ3v) is 3.76. The Hall–Kier alpha value is -1.95. The Morgan fingerprint density at radius 2 is 1.70 bits per heavy atom. The van der Waals surface area contributed by atoms with Crippen LogP contribution >= 0.6 is 12.2 Å². The van der Waals surface area contributed by atoms with Crippen LogP contribution in [0.4, 0.5) is 0 Å². The third kappa shape index (κ3) is 2.27. The number of hydrogen-bond donors (Lipinski definition) is 0. The second kappa shape index (κ2) is 5.58. The molecule has 5 nitrogen and oxygen atoms in total. The molecule has 6 heteroatoms. The minimum Gasteiger partial charge on any atom is -0.351 e.